The van der Waals surface area contributed by atoms with Crippen molar-refractivity contribution in [1.82, 2.24) is 14.2 Å². The van der Waals surface area contributed by atoms with Gasteiger partial charge in [0.05, 0.1) is 0 Å². The van der Waals surface area contributed by atoms with Gasteiger partial charge in [0.15, 0.2) is 0 Å². The molecule has 12 nitrogen and oxygen atoms in total. The van der Waals surface area contributed by atoms with E-state index in [0.29, 0.717) is 11.5 Å². The number of nitrogens with one attached hydrogen (secondary N) is 1. The van der Waals surface area contributed by atoms with E-state index in [1.165, 1.54) is 16.8 Å². The molecule has 1 aromatic heterocycles. The van der Waals surface area contributed by atoms with Crippen LogP contribution in [-0.4, -0.2) is 80.9 Å². The first-order valence-electron chi connectivity index (χ1n) is 17.8. The van der Waals surface area contributed by atoms with Crippen molar-refractivity contribution in [3.8, 4) is 17.6 Å². The molecule has 1 aliphatic rings. The average molecular weight is 824 g/mol. The van der Waals surface area contributed by atoms with Gasteiger partial charge in [-0.05, 0) is 0 Å². The molecule has 0 aliphatic carbocycles. The molecule has 288 valence electrons. The van der Waals surface area contributed by atoms with Crippen LogP contribution in [0.1, 0.15) is 57.0 Å². The Morgan fingerprint density at radius 2 is 1.48 bits per heavy atom. The van der Waals surface area contributed by atoms with E-state index in [1.54, 1.807) is 14.2 Å². The third-order valence-electron chi connectivity index (χ3n) is 9.19. The van der Waals surface area contributed by atoms with Gasteiger partial charge in [-0.1, -0.05) is 0 Å². The van der Waals surface area contributed by atoms with Crippen molar-refractivity contribution in [2.24, 2.45) is 0 Å². The average Bonchev–Trinajstić information content (AvgIpc) is 3.51. The summed E-state index contributed by atoms with van der Waals surface area (Å²) in [6, 6.07) is 29.2. The van der Waals surface area contributed by atoms with Crippen LogP contribution in [0.3, 0.4) is 0 Å². The SMILES string of the molecule is COc1ccc(C(OC[C@H]2O[C@@H](n3ccc(=O)[nH]c3=O)[C@H]([Se]C)[C@@H]2OP(OCCC#N)N(C(C)C)C(C)C)(c2ccccc2)c2ccc(OC)cc2)cc1. The standard InChI is InChI=1S/C40H49N4O8PSe/c1-27(2)44(28(3)4)53(50-25-11-23-41)52-36-34(51-38(37(36)54-7)43-24-22-35(45)42-39(43)46)26-49-40(29-12-9-8-10-13-29,30-14-18-32(47-5)19-15-30)31-16-20-33(48-6)21-17-31/h8-10,12-22,24,27-28,34,36-38H,11,25-26H2,1-7H3,(H,42,45,46)/t34-,36-,37-,38-,53?/m1/s1. The first-order chi connectivity index (χ1) is 26.1. The summed E-state index contributed by atoms with van der Waals surface area (Å²) in [5.41, 5.74) is 0.388. The van der Waals surface area contributed by atoms with Crippen molar-refractivity contribution in [2.45, 2.75) is 80.9 Å². The molecule has 0 bridgehead atoms. The molecule has 5 atom stereocenters. The molecule has 14 heteroatoms. The van der Waals surface area contributed by atoms with Gasteiger partial charge in [-0.15, -0.1) is 0 Å². The van der Waals surface area contributed by atoms with Crippen LogP contribution in [0.5, 0.6) is 11.5 Å². The molecule has 1 saturated heterocycles. The molecule has 4 aromatic rings. The Kier molecular flexibility index (Phi) is 14.7. The maximum absolute atomic E-state index is 13.2. The Hall–Kier alpha value is -3.82. The number of nitriles is 1. The van der Waals surface area contributed by atoms with Gasteiger partial charge >= 0.3 is 325 Å². The van der Waals surface area contributed by atoms with Gasteiger partial charge in [0.2, 0.25) is 0 Å². The topological polar surface area (TPSA) is 137 Å². The minimum absolute atomic E-state index is 0.0452. The molecule has 1 aliphatic heterocycles. The fourth-order valence-electron chi connectivity index (χ4n) is 6.75. The van der Waals surface area contributed by atoms with Crippen LogP contribution in [0.2, 0.25) is 10.6 Å². The summed E-state index contributed by atoms with van der Waals surface area (Å²) in [5, 5.41) is 9.35. The number of methoxy groups -OCH3 is 2. The monoisotopic (exact) mass is 824 g/mol. The second-order valence-corrected chi connectivity index (χ2v) is 16.8. The minimum atomic E-state index is -1.68. The fourth-order valence-corrected chi connectivity index (χ4v) is 10.7. The Morgan fingerprint density at radius 1 is 0.907 bits per heavy atom. The molecule has 3 aromatic carbocycles. The molecule has 1 N–H and O–H groups in total. The zero-order valence-corrected chi connectivity index (χ0v) is 34.3. The predicted octanol–water partition coefficient (Wildman–Crippen LogP) is 6.66. The molecular weight excluding hydrogens is 774 g/mol. The van der Waals surface area contributed by atoms with Gasteiger partial charge in [0.25, 0.3) is 0 Å². The summed E-state index contributed by atoms with van der Waals surface area (Å²) in [4.78, 5) is 27.4. The van der Waals surface area contributed by atoms with Gasteiger partial charge in [0.1, 0.15) is 0 Å². The number of benzene rings is 3. The Labute approximate surface area is 324 Å². The van der Waals surface area contributed by atoms with Gasteiger partial charge < -0.3 is 0 Å². The number of nitrogens with zero attached hydrogens (tertiary/aromatic N) is 3. The molecule has 5 rings (SSSR count). The summed E-state index contributed by atoms with van der Waals surface area (Å²) in [5.74, 6) is 3.49. The summed E-state index contributed by atoms with van der Waals surface area (Å²) in [7, 11) is 1.58. The van der Waals surface area contributed by atoms with Crippen molar-refractivity contribution in [2.75, 3.05) is 27.4 Å². The van der Waals surface area contributed by atoms with Crippen molar-refractivity contribution >= 4 is 23.5 Å². The molecule has 54 heavy (non-hydrogen) atoms. The van der Waals surface area contributed by atoms with Gasteiger partial charge in [-0.3, -0.25) is 0 Å². The molecule has 0 radical (unpaired) electrons. The summed E-state index contributed by atoms with van der Waals surface area (Å²) in [6.07, 6.45) is -0.360. The van der Waals surface area contributed by atoms with Crippen LogP contribution in [0, 0.1) is 11.3 Å². The van der Waals surface area contributed by atoms with Crippen molar-refractivity contribution in [1.29, 1.82) is 5.26 Å². The second-order valence-electron chi connectivity index (χ2n) is 13.2. The number of aromatic nitrogens is 2. The first kappa shape index (κ1) is 41.3. The van der Waals surface area contributed by atoms with Crippen LogP contribution in [0.15, 0.2) is 101 Å². The maximum atomic E-state index is 13.2. The summed E-state index contributed by atoms with van der Waals surface area (Å²) < 4.78 is 42.2. The van der Waals surface area contributed by atoms with Crippen molar-refractivity contribution < 1.29 is 28.0 Å². The Bertz CT molecular complexity index is 1880. The van der Waals surface area contributed by atoms with Crippen LogP contribution in [-0.2, 0) is 24.1 Å². The van der Waals surface area contributed by atoms with E-state index >= 15 is 0 Å². The summed E-state index contributed by atoms with van der Waals surface area (Å²) in [6.45, 7) is 8.58. The number of H-pyrrole nitrogens is 1. The first-order valence-corrected chi connectivity index (χ1v) is 21.6. The van der Waals surface area contributed by atoms with Crippen LogP contribution < -0.4 is 20.7 Å². The van der Waals surface area contributed by atoms with E-state index < -0.39 is 43.8 Å². The third-order valence-corrected chi connectivity index (χ3v) is 13.5. The van der Waals surface area contributed by atoms with E-state index in [4.69, 9.17) is 28.0 Å². The predicted molar refractivity (Wildman–Crippen MR) is 209 cm³/mol. The van der Waals surface area contributed by atoms with Gasteiger partial charge in [-0.25, -0.2) is 0 Å². The quantitative estimate of drug-likeness (QED) is 0.0502. The molecule has 0 saturated carbocycles. The number of aromatic amines is 1. The van der Waals surface area contributed by atoms with E-state index in [2.05, 4.69) is 49.2 Å². The number of hydrogen-bond acceptors (Lipinski definition) is 10. The molecule has 1 fully saturated rings. The van der Waals surface area contributed by atoms with Gasteiger partial charge in [0, 0.05) is 0 Å². The van der Waals surface area contributed by atoms with Crippen molar-refractivity contribution in [3.63, 3.8) is 0 Å². The van der Waals surface area contributed by atoms with Crippen LogP contribution >= 0.6 is 8.53 Å². The molecular formula is C40H49N4O8PSe. The zero-order chi connectivity index (χ0) is 38.8. The molecule has 1 unspecified atom stereocenters. The molecule has 0 amide bonds. The second kappa shape index (κ2) is 19.2. The Morgan fingerprint density at radius 3 is 1.98 bits per heavy atom. The molecule has 2 heterocycles. The van der Waals surface area contributed by atoms with E-state index in [1.807, 2.05) is 78.9 Å². The van der Waals surface area contributed by atoms with Crippen LogP contribution in [0.25, 0.3) is 0 Å². The number of hydrogen-bond donors (Lipinski definition) is 1. The number of ether oxygens (including phenoxy) is 4. The van der Waals surface area contributed by atoms with Gasteiger partial charge in [-0.2, -0.15) is 0 Å². The van der Waals surface area contributed by atoms with E-state index in [9.17, 15) is 14.9 Å². The number of rotatable bonds is 18. The van der Waals surface area contributed by atoms with E-state index in [-0.39, 0.29) is 51.5 Å². The third kappa shape index (κ3) is 9.16. The fraction of sp³-hybridized carbons (Fsp3) is 0.425. The van der Waals surface area contributed by atoms with E-state index in [0.717, 1.165) is 16.7 Å². The normalized spacial score (nSPS) is 19.3. The van der Waals surface area contributed by atoms with Crippen molar-refractivity contribution in [3.05, 3.63) is 129 Å². The Balaban J connectivity index is 1.64. The van der Waals surface area contributed by atoms with Crippen LogP contribution in [0.4, 0.5) is 0 Å². The zero-order valence-electron chi connectivity index (χ0n) is 31.7. The molecule has 0 spiro atoms. The summed E-state index contributed by atoms with van der Waals surface area (Å²) >= 11 is -0.115.